The molecule has 4 aromatic rings. The first-order valence-corrected chi connectivity index (χ1v) is 12.7. The predicted molar refractivity (Wildman–Crippen MR) is 145 cm³/mol. The number of carbonyl (C=O) groups excluding carboxylic acids is 1. The number of methoxy groups -OCH3 is 1. The van der Waals surface area contributed by atoms with Crippen molar-refractivity contribution in [3.05, 3.63) is 114 Å². The number of ether oxygens (including phenoxy) is 1. The minimum Gasteiger partial charge on any atom is -0.507 e. The van der Waals surface area contributed by atoms with Gasteiger partial charge >= 0.3 is 0 Å². The maximum absolute atomic E-state index is 13.4. The first kappa shape index (κ1) is 25.5. The molecule has 0 radical (unpaired) electrons. The summed E-state index contributed by atoms with van der Waals surface area (Å²) in [5.74, 6) is 0.0348. The zero-order chi connectivity index (χ0) is 26.6. The van der Waals surface area contributed by atoms with E-state index < -0.39 is 12.1 Å². The number of hydrogen-bond donors (Lipinski definition) is 2. The van der Waals surface area contributed by atoms with Gasteiger partial charge in [-0.2, -0.15) is 0 Å². The topological polar surface area (TPSA) is 70.0 Å². The SMILES string of the molecule is COc1ccc([C@@H]2[C@@H](CC[C@H](O)c3ccc(F)cc3)CC(=O)N2c2ccc(-c3ccccc3)cc2)c(O)c1. The molecule has 6 heteroatoms. The summed E-state index contributed by atoms with van der Waals surface area (Å²) in [4.78, 5) is 15.2. The highest BCUT2D eigenvalue weighted by molar-refractivity contribution is 5.97. The number of hydrogen-bond acceptors (Lipinski definition) is 4. The molecule has 1 amide bonds. The van der Waals surface area contributed by atoms with Crippen molar-refractivity contribution >= 4 is 11.6 Å². The number of aliphatic hydroxyl groups excluding tert-OH is 1. The fourth-order valence-corrected chi connectivity index (χ4v) is 5.33. The number of carbonyl (C=O) groups is 1. The number of rotatable bonds is 8. The van der Waals surface area contributed by atoms with E-state index in [1.54, 1.807) is 35.2 Å². The van der Waals surface area contributed by atoms with Crippen LogP contribution in [0.2, 0.25) is 0 Å². The number of halogens is 1. The zero-order valence-electron chi connectivity index (χ0n) is 21.1. The van der Waals surface area contributed by atoms with E-state index in [0.29, 0.717) is 29.7 Å². The van der Waals surface area contributed by atoms with Crippen LogP contribution in [0.4, 0.5) is 10.1 Å². The van der Waals surface area contributed by atoms with E-state index in [0.717, 1.165) is 16.8 Å². The lowest BCUT2D eigenvalue weighted by Crippen LogP contribution is -2.29. The number of phenolic OH excluding ortho intramolecular Hbond substituents is 1. The molecule has 5 rings (SSSR count). The number of anilines is 1. The normalized spacial score (nSPS) is 18.0. The van der Waals surface area contributed by atoms with Crippen LogP contribution in [0.1, 0.15) is 42.5 Å². The van der Waals surface area contributed by atoms with Gasteiger partial charge in [0.05, 0.1) is 19.3 Å². The van der Waals surface area contributed by atoms with Crippen LogP contribution < -0.4 is 9.64 Å². The van der Waals surface area contributed by atoms with Gasteiger partial charge < -0.3 is 19.8 Å². The van der Waals surface area contributed by atoms with Gasteiger partial charge in [-0.3, -0.25) is 4.79 Å². The number of phenols is 1. The smallest absolute Gasteiger partial charge is 0.227 e. The fourth-order valence-electron chi connectivity index (χ4n) is 5.33. The number of aromatic hydroxyl groups is 1. The van der Waals surface area contributed by atoms with Crippen molar-refractivity contribution < 1.29 is 24.1 Å². The highest BCUT2D eigenvalue weighted by Crippen LogP contribution is 2.47. The molecule has 3 atom stereocenters. The molecular formula is C32H30FNO4. The third-order valence-electron chi connectivity index (χ3n) is 7.30. The van der Waals surface area contributed by atoms with Crippen LogP contribution in [0.25, 0.3) is 11.1 Å². The summed E-state index contributed by atoms with van der Waals surface area (Å²) in [6.45, 7) is 0. The van der Waals surface area contributed by atoms with E-state index in [4.69, 9.17) is 4.74 Å². The lowest BCUT2D eigenvalue weighted by molar-refractivity contribution is -0.117. The van der Waals surface area contributed by atoms with Gasteiger partial charge in [-0.05, 0) is 71.8 Å². The molecule has 0 bridgehead atoms. The molecule has 1 aliphatic rings. The maximum Gasteiger partial charge on any atom is 0.227 e. The molecule has 0 aromatic heterocycles. The second-order valence-electron chi connectivity index (χ2n) is 9.66. The van der Waals surface area contributed by atoms with E-state index in [9.17, 15) is 19.4 Å². The summed E-state index contributed by atoms with van der Waals surface area (Å²) in [5.41, 5.74) is 4.14. The van der Waals surface area contributed by atoms with Gasteiger partial charge in [-0.15, -0.1) is 0 Å². The van der Waals surface area contributed by atoms with Crippen LogP contribution in [-0.4, -0.2) is 23.2 Å². The fraction of sp³-hybridized carbons (Fsp3) is 0.219. The van der Waals surface area contributed by atoms with Crippen molar-refractivity contribution in [3.63, 3.8) is 0 Å². The monoisotopic (exact) mass is 511 g/mol. The standard InChI is InChI=1S/C32H30FNO4/c1-38-27-16-17-28(30(36)20-27)32-24(11-18-29(35)23-7-12-25(33)13-8-23)19-31(37)34(32)26-14-9-22(10-15-26)21-5-3-2-4-6-21/h2-10,12-17,20,24,29,32,35-36H,11,18-19H2,1H3/t24-,29-,32-/m0/s1. The van der Waals surface area contributed by atoms with Gasteiger partial charge in [0.25, 0.3) is 0 Å². The van der Waals surface area contributed by atoms with Gasteiger partial charge in [0.2, 0.25) is 5.91 Å². The van der Waals surface area contributed by atoms with Crippen molar-refractivity contribution in [2.24, 2.45) is 5.92 Å². The molecule has 5 nitrogen and oxygen atoms in total. The molecule has 1 heterocycles. The molecule has 4 aromatic carbocycles. The number of benzene rings is 4. The summed E-state index contributed by atoms with van der Waals surface area (Å²) in [5, 5.41) is 21.7. The van der Waals surface area contributed by atoms with Crippen LogP contribution >= 0.6 is 0 Å². The molecule has 38 heavy (non-hydrogen) atoms. The largest absolute Gasteiger partial charge is 0.507 e. The first-order chi connectivity index (χ1) is 18.4. The third-order valence-corrected chi connectivity index (χ3v) is 7.30. The number of amides is 1. The molecule has 194 valence electrons. The average molecular weight is 512 g/mol. The summed E-state index contributed by atoms with van der Waals surface area (Å²) >= 11 is 0. The Hall–Kier alpha value is -4.16. The van der Waals surface area contributed by atoms with Gasteiger partial charge in [0.1, 0.15) is 17.3 Å². The van der Waals surface area contributed by atoms with E-state index in [1.165, 1.54) is 19.2 Å². The highest BCUT2D eigenvalue weighted by atomic mass is 19.1. The van der Waals surface area contributed by atoms with Crippen LogP contribution in [0.15, 0.2) is 97.1 Å². The Balaban J connectivity index is 1.45. The summed E-state index contributed by atoms with van der Waals surface area (Å²) < 4.78 is 18.6. The summed E-state index contributed by atoms with van der Waals surface area (Å²) in [6.07, 6.45) is 0.443. The van der Waals surface area contributed by atoms with E-state index in [1.807, 2.05) is 54.6 Å². The maximum atomic E-state index is 13.4. The lowest BCUT2D eigenvalue weighted by Gasteiger charge is -2.30. The Morgan fingerprint density at radius 3 is 2.29 bits per heavy atom. The molecule has 1 saturated heterocycles. The second-order valence-corrected chi connectivity index (χ2v) is 9.66. The Kier molecular flexibility index (Phi) is 7.43. The zero-order valence-corrected chi connectivity index (χ0v) is 21.1. The van der Waals surface area contributed by atoms with Crippen molar-refractivity contribution in [2.45, 2.75) is 31.4 Å². The molecule has 1 aliphatic heterocycles. The van der Waals surface area contributed by atoms with Crippen molar-refractivity contribution in [1.82, 2.24) is 0 Å². The van der Waals surface area contributed by atoms with Crippen LogP contribution in [0.5, 0.6) is 11.5 Å². The molecule has 0 aliphatic carbocycles. The average Bonchev–Trinajstić information content (AvgIpc) is 3.28. The lowest BCUT2D eigenvalue weighted by atomic mass is 9.87. The van der Waals surface area contributed by atoms with E-state index >= 15 is 0 Å². The molecule has 0 spiro atoms. The van der Waals surface area contributed by atoms with Crippen molar-refractivity contribution in [3.8, 4) is 22.6 Å². The quantitative estimate of drug-likeness (QED) is 0.273. The van der Waals surface area contributed by atoms with Crippen molar-refractivity contribution in [1.29, 1.82) is 0 Å². The van der Waals surface area contributed by atoms with Crippen molar-refractivity contribution in [2.75, 3.05) is 12.0 Å². The number of nitrogens with zero attached hydrogens (tertiary/aromatic N) is 1. The molecular weight excluding hydrogens is 481 g/mol. The Bertz CT molecular complexity index is 1390. The highest BCUT2D eigenvalue weighted by Gasteiger charge is 2.42. The Labute approximate surface area is 221 Å². The number of aliphatic hydroxyl groups is 1. The van der Waals surface area contributed by atoms with Gasteiger partial charge in [0.15, 0.2) is 0 Å². The van der Waals surface area contributed by atoms with Gasteiger partial charge in [-0.25, -0.2) is 4.39 Å². The van der Waals surface area contributed by atoms with Gasteiger partial charge in [-0.1, -0.05) is 54.6 Å². The Morgan fingerprint density at radius 2 is 1.63 bits per heavy atom. The van der Waals surface area contributed by atoms with Crippen LogP contribution in [-0.2, 0) is 4.79 Å². The Morgan fingerprint density at radius 1 is 0.947 bits per heavy atom. The van der Waals surface area contributed by atoms with E-state index in [-0.39, 0.29) is 29.8 Å². The minimum absolute atomic E-state index is 0.0426. The first-order valence-electron chi connectivity index (χ1n) is 12.7. The predicted octanol–water partition coefficient (Wildman–Crippen LogP) is 6.81. The second kappa shape index (κ2) is 11.1. The minimum atomic E-state index is -0.782. The molecule has 2 N–H and O–H groups in total. The summed E-state index contributed by atoms with van der Waals surface area (Å²) in [7, 11) is 1.54. The van der Waals surface area contributed by atoms with Gasteiger partial charge in [0, 0.05) is 23.7 Å². The third kappa shape index (κ3) is 5.27. The van der Waals surface area contributed by atoms with Crippen LogP contribution in [0.3, 0.4) is 0 Å². The van der Waals surface area contributed by atoms with Crippen LogP contribution in [0, 0.1) is 11.7 Å². The molecule has 1 fully saturated rings. The van der Waals surface area contributed by atoms with E-state index in [2.05, 4.69) is 0 Å². The molecule has 0 saturated carbocycles. The molecule has 0 unspecified atom stereocenters. The summed E-state index contributed by atoms with van der Waals surface area (Å²) in [6, 6.07) is 28.4.